The monoisotopic (exact) mass is 413 g/mol. The molecule has 0 fully saturated rings. The fourth-order valence-corrected chi connectivity index (χ4v) is 2.77. The number of alkyl halides is 3. The van der Waals surface area contributed by atoms with Gasteiger partial charge in [0.1, 0.15) is 5.75 Å². The predicted molar refractivity (Wildman–Crippen MR) is 99.6 cm³/mol. The van der Waals surface area contributed by atoms with Crippen molar-refractivity contribution in [2.24, 2.45) is 0 Å². The number of esters is 1. The van der Waals surface area contributed by atoms with E-state index in [0.717, 1.165) is 17.7 Å². The second kappa shape index (κ2) is 9.01. The van der Waals surface area contributed by atoms with Crippen LogP contribution >= 0.6 is 11.8 Å². The first-order valence-corrected chi connectivity index (χ1v) is 8.93. The smallest absolute Gasteiger partial charge is 0.446 e. The molecule has 0 heterocycles. The van der Waals surface area contributed by atoms with Gasteiger partial charge in [0.2, 0.25) is 0 Å². The van der Waals surface area contributed by atoms with Crippen molar-refractivity contribution in [2.45, 2.75) is 30.4 Å². The molecule has 0 aliphatic carbocycles. The van der Waals surface area contributed by atoms with Gasteiger partial charge in [0.15, 0.2) is 6.10 Å². The number of anilines is 1. The zero-order chi connectivity index (χ0) is 20.9. The number of methoxy groups -OCH3 is 1. The zero-order valence-electron chi connectivity index (χ0n) is 15.3. The maximum absolute atomic E-state index is 12.3. The Morgan fingerprint density at radius 1 is 1.11 bits per heavy atom. The molecule has 1 atom stereocenters. The lowest BCUT2D eigenvalue weighted by molar-refractivity contribution is -0.123. The number of carbonyl (C=O) groups is 2. The summed E-state index contributed by atoms with van der Waals surface area (Å²) in [6.45, 7) is 3.24. The van der Waals surface area contributed by atoms with Gasteiger partial charge in [-0.1, -0.05) is 6.07 Å². The van der Waals surface area contributed by atoms with Gasteiger partial charge in [-0.05, 0) is 67.6 Å². The van der Waals surface area contributed by atoms with Crippen LogP contribution in [-0.2, 0) is 9.53 Å². The lowest BCUT2D eigenvalue weighted by Crippen LogP contribution is -2.30. The summed E-state index contributed by atoms with van der Waals surface area (Å²) in [5.41, 5.74) is -3.04. The molecule has 28 heavy (non-hydrogen) atoms. The van der Waals surface area contributed by atoms with Crippen molar-refractivity contribution < 1.29 is 32.2 Å². The van der Waals surface area contributed by atoms with Crippen molar-refractivity contribution in [3.8, 4) is 5.75 Å². The summed E-state index contributed by atoms with van der Waals surface area (Å²) < 4.78 is 47.3. The van der Waals surface area contributed by atoms with Crippen molar-refractivity contribution in [3.05, 3.63) is 53.6 Å². The molecule has 1 amide bonds. The van der Waals surface area contributed by atoms with Gasteiger partial charge in [0.05, 0.1) is 18.4 Å². The first-order chi connectivity index (χ1) is 13.1. The molecule has 0 spiro atoms. The molecule has 0 aliphatic rings. The number of ether oxygens (including phenoxy) is 2. The average Bonchev–Trinajstić information content (AvgIpc) is 2.61. The van der Waals surface area contributed by atoms with E-state index in [-0.39, 0.29) is 22.2 Å². The summed E-state index contributed by atoms with van der Waals surface area (Å²) in [5, 5.41) is 2.62. The van der Waals surface area contributed by atoms with E-state index >= 15 is 0 Å². The normalized spacial score (nSPS) is 12.2. The summed E-state index contributed by atoms with van der Waals surface area (Å²) in [5.74, 6) is -0.931. The molecule has 150 valence electrons. The maximum atomic E-state index is 12.3. The summed E-state index contributed by atoms with van der Waals surface area (Å²) in [7, 11) is 1.46. The third-order valence-corrected chi connectivity index (χ3v) is 4.33. The minimum Gasteiger partial charge on any atom is -0.495 e. The van der Waals surface area contributed by atoms with Crippen LogP contribution in [0.2, 0.25) is 0 Å². The van der Waals surface area contributed by atoms with Gasteiger partial charge in [0.25, 0.3) is 5.91 Å². The van der Waals surface area contributed by atoms with Crippen LogP contribution in [0, 0.1) is 6.92 Å². The van der Waals surface area contributed by atoms with Gasteiger partial charge in [-0.3, -0.25) is 4.79 Å². The van der Waals surface area contributed by atoms with E-state index in [9.17, 15) is 22.8 Å². The molecule has 0 saturated heterocycles. The van der Waals surface area contributed by atoms with Gasteiger partial charge < -0.3 is 14.8 Å². The second-order valence-electron chi connectivity index (χ2n) is 5.81. The number of halogens is 3. The molecule has 1 N–H and O–H groups in total. The Labute approximate surface area is 164 Å². The summed E-state index contributed by atoms with van der Waals surface area (Å²) in [6, 6.07) is 9.98. The van der Waals surface area contributed by atoms with Crippen LogP contribution < -0.4 is 10.1 Å². The van der Waals surface area contributed by atoms with E-state index < -0.39 is 23.5 Å². The third kappa shape index (κ3) is 6.19. The predicted octanol–water partition coefficient (Wildman–Crippen LogP) is 4.80. The Morgan fingerprint density at radius 2 is 1.75 bits per heavy atom. The van der Waals surface area contributed by atoms with Crippen LogP contribution in [0.4, 0.5) is 18.9 Å². The molecule has 0 radical (unpaired) electrons. The van der Waals surface area contributed by atoms with Crippen LogP contribution in [0.5, 0.6) is 5.75 Å². The molecule has 5 nitrogen and oxygen atoms in total. The van der Waals surface area contributed by atoms with Crippen LogP contribution in [0.25, 0.3) is 0 Å². The highest BCUT2D eigenvalue weighted by Crippen LogP contribution is 2.36. The number of carbonyl (C=O) groups excluding carboxylic acids is 2. The maximum Gasteiger partial charge on any atom is 0.446 e. The van der Waals surface area contributed by atoms with Crippen molar-refractivity contribution in [3.63, 3.8) is 0 Å². The number of thioether (sulfide) groups is 1. The van der Waals surface area contributed by atoms with E-state index in [4.69, 9.17) is 9.47 Å². The fourth-order valence-electron chi connectivity index (χ4n) is 2.23. The fraction of sp³-hybridized carbons (Fsp3) is 0.263. The Balaban J connectivity index is 2.00. The summed E-state index contributed by atoms with van der Waals surface area (Å²) in [4.78, 5) is 24.4. The minimum atomic E-state index is -4.41. The average molecular weight is 413 g/mol. The van der Waals surface area contributed by atoms with Gasteiger partial charge >= 0.3 is 11.5 Å². The molecule has 0 saturated carbocycles. The second-order valence-corrected chi connectivity index (χ2v) is 6.95. The SMILES string of the molecule is COc1ccc(C)cc1NC(=O)[C@H](C)OC(=O)c1ccc(SC(F)(F)F)cc1. The van der Waals surface area contributed by atoms with E-state index in [0.29, 0.717) is 11.4 Å². The zero-order valence-corrected chi connectivity index (χ0v) is 16.1. The highest BCUT2D eigenvalue weighted by molar-refractivity contribution is 8.00. The standard InChI is InChI=1S/C19H18F3NO4S/c1-11-4-9-16(26-3)15(10-11)23-17(24)12(2)27-18(25)13-5-7-14(8-6-13)28-19(20,21)22/h4-10,12H,1-3H3,(H,23,24)/t12-/m0/s1. The van der Waals surface area contributed by atoms with Crippen LogP contribution in [0.1, 0.15) is 22.8 Å². The van der Waals surface area contributed by atoms with Crippen molar-refractivity contribution in [2.75, 3.05) is 12.4 Å². The molecular weight excluding hydrogens is 395 g/mol. The highest BCUT2D eigenvalue weighted by atomic mass is 32.2. The molecule has 0 aliphatic heterocycles. The van der Waals surface area contributed by atoms with Crippen molar-refractivity contribution >= 4 is 29.3 Å². The third-order valence-electron chi connectivity index (χ3n) is 3.59. The van der Waals surface area contributed by atoms with E-state index in [1.165, 1.54) is 26.2 Å². The molecule has 0 bridgehead atoms. The number of nitrogens with one attached hydrogen (secondary N) is 1. The first kappa shape index (κ1) is 21.6. The molecule has 0 unspecified atom stereocenters. The lowest BCUT2D eigenvalue weighted by atomic mass is 10.2. The van der Waals surface area contributed by atoms with Crippen LogP contribution in [0.15, 0.2) is 47.4 Å². The number of rotatable bonds is 6. The number of benzene rings is 2. The number of hydrogen-bond acceptors (Lipinski definition) is 5. The number of aryl methyl sites for hydroxylation is 1. The molecule has 2 aromatic carbocycles. The molecule has 2 rings (SSSR count). The van der Waals surface area contributed by atoms with Crippen LogP contribution in [-0.4, -0.2) is 30.6 Å². The molecular formula is C19H18F3NO4S. The highest BCUT2D eigenvalue weighted by Gasteiger charge is 2.29. The van der Waals surface area contributed by atoms with Crippen molar-refractivity contribution in [1.29, 1.82) is 0 Å². The molecule has 0 aromatic heterocycles. The van der Waals surface area contributed by atoms with E-state index in [2.05, 4.69) is 5.32 Å². The number of amides is 1. The number of hydrogen-bond donors (Lipinski definition) is 1. The molecule has 9 heteroatoms. The molecule has 2 aromatic rings. The van der Waals surface area contributed by atoms with E-state index in [1.54, 1.807) is 12.1 Å². The quantitative estimate of drug-likeness (QED) is 0.544. The Morgan fingerprint density at radius 3 is 2.32 bits per heavy atom. The van der Waals surface area contributed by atoms with Crippen LogP contribution in [0.3, 0.4) is 0 Å². The van der Waals surface area contributed by atoms with Gasteiger partial charge in [0, 0.05) is 4.90 Å². The summed E-state index contributed by atoms with van der Waals surface area (Å²) in [6.07, 6.45) is -1.12. The van der Waals surface area contributed by atoms with E-state index in [1.807, 2.05) is 13.0 Å². The lowest BCUT2D eigenvalue weighted by Gasteiger charge is -2.16. The van der Waals surface area contributed by atoms with Gasteiger partial charge in [-0.2, -0.15) is 13.2 Å². The topological polar surface area (TPSA) is 64.6 Å². The summed E-state index contributed by atoms with van der Waals surface area (Å²) >= 11 is -0.282. The largest absolute Gasteiger partial charge is 0.495 e. The van der Waals surface area contributed by atoms with Crippen molar-refractivity contribution in [1.82, 2.24) is 0 Å². The van der Waals surface area contributed by atoms with Gasteiger partial charge in [-0.15, -0.1) is 0 Å². The Bertz CT molecular complexity index is 853. The Hall–Kier alpha value is -2.68. The first-order valence-electron chi connectivity index (χ1n) is 8.11. The Kier molecular flexibility index (Phi) is 6.95. The van der Waals surface area contributed by atoms with Gasteiger partial charge in [-0.25, -0.2) is 4.79 Å². The minimum absolute atomic E-state index is 0.0410.